The highest BCUT2D eigenvalue weighted by Crippen LogP contribution is 2.39. The summed E-state index contributed by atoms with van der Waals surface area (Å²) < 4.78 is 0. The van der Waals surface area contributed by atoms with Crippen LogP contribution < -0.4 is 10.6 Å². The summed E-state index contributed by atoms with van der Waals surface area (Å²) in [6, 6.07) is 9.50. The lowest BCUT2D eigenvalue weighted by molar-refractivity contribution is -0.120. The lowest BCUT2D eigenvalue weighted by atomic mass is 9.94. The number of fused-ring (bicyclic) bond motifs is 3. The topological polar surface area (TPSA) is 41.1 Å². The van der Waals surface area contributed by atoms with Gasteiger partial charge in [0.05, 0.1) is 0 Å². The number of hydrogen-bond donors (Lipinski definition) is 2. The van der Waals surface area contributed by atoms with Crippen LogP contribution in [-0.2, 0) is 17.6 Å². The van der Waals surface area contributed by atoms with Crippen LogP contribution in [0.4, 0.5) is 0 Å². The quantitative estimate of drug-likeness (QED) is 0.872. The van der Waals surface area contributed by atoms with E-state index < -0.39 is 0 Å². The molecule has 1 aromatic rings. The van der Waals surface area contributed by atoms with Crippen molar-refractivity contribution >= 4 is 5.91 Å². The van der Waals surface area contributed by atoms with E-state index in [0.717, 1.165) is 24.9 Å². The van der Waals surface area contributed by atoms with E-state index in [0.29, 0.717) is 12.5 Å². The molecule has 2 N–H and O–H groups in total. The van der Waals surface area contributed by atoms with Gasteiger partial charge in [-0.2, -0.15) is 0 Å². The average Bonchev–Trinajstić information content (AvgIpc) is 2.75. The SMILES string of the molecule is CCNC(=O)CCNC1C2CCC1Cc1ccccc1C2. The van der Waals surface area contributed by atoms with Crippen LogP contribution in [0.15, 0.2) is 24.3 Å². The summed E-state index contributed by atoms with van der Waals surface area (Å²) in [5.41, 5.74) is 3.08. The lowest BCUT2D eigenvalue weighted by Gasteiger charge is -2.23. The van der Waals surface area contributed by atoms with Gasteiger partial charge < -0.3 is 10.6 Å². The summed E-state index contributed by atoms with van der Waals surface area (Å²) >= 11 is 0. The summed E-state index contributed by atoms with van der Waals surface area (Å²) in [5.74, 6) is 1.65. The van der Waals surface area contributed by atoms with E-state index in [2.05, 4.69) is 34.9 Å². The molecule has 3 nitrogen and oxygen atoms in total. The molecule has 114 valence electrons. The van der Waals surface area contributed by atoms with Crippen molar-refractivity contribution in [2.75, 3.05) is 13.1 Å². The Morgan fingerprint density at radius 3 is 2.33 bits per heavy atom. The molecule has 1 saturated carbocycles. The smallest absolute Gasteiger partial charge is 0.221 e. The summed E-state index contributed by atoms with van der Waals surface area (Å²) in [6.07, 6.45) is 5.66. The molecule has 0 radical (unpaired) electrons. The first-order chi connectivity index (χ1) is 10.3. The van der Waals surface area contributed by atoms with Crippen molar-refractivity contribution in [2.24, 2.45) is 11.8 Å². The first-order valence-corrected chi connectivity index (χ1v) is 8.34. The Labute approximate surface area is 127 Å². The fraction of sp³-hybridized carbons (Fsp3) is 0.611. The van der Waals surface area contributed by atoms with Crippen LogP contribution in [-0.4, -0.2) is 25.0 Å². The number of nitrogens with one attached hydrogen (secondary N) is 2. The maximum atomic E-state index is 11.6. The molecule has 2 aliphatic carbocycles. The molecule has 0 aromatic heterocycles. The highest BCUT2D eigenvalue weighted by atomic mass is 16.1. The van der Waals surface area contributed by atoms with E-state index in [1.165, 1.54) is 25.7 Å². The van der Waals surface area contributed by atoms with Gasteiger partial charge in [-0.25, -0.2) is 0 Å². The van der Waals surface area contributed by atoms with Gasteiger partial charge in [-0.1, -0.05) is 24.3 Å². The zero-order valence-electron chi connectivity index (χ0n) is 12.9. The maximum absolute atomic E-state index is 11.6. The second-order valence-electron chi connectivity index (χ2n) is 6.46. The maximum Gasteiger partial charge on any atom is 0.221 e. The number of hydrogen-bond acceptors (Lipinski definition) is 2. The fourth-order valence-corrected chi connectivity index (χ4v) is 4.12. The molecule has 3 heteroatoms. The van der Waals surface area contributed by atoms with Crippen LogP contribution in [0.25, 0.3) is 0 Å². The monoisotopic (exact) mass is 286 g/mol. The van der Waals surface area contributed by atoms with Crippen molar-refractivity contribution < 1.29 is 4.79 Å². The molecule has 0 saturated heterocycles. The third-order valence-electron chi connectivity index (χ3n) is 5.11. The Hall–Kier alpha value is -1.35. The van der Waals surface area contributed by atoms with Gasteiger partial charge >= 0.3 is 0 Å². The first kappa shape index (κ1) is 14.6. The van der Waals surface area contributed by atoms with Gasteiger partial charge in [0.15, 0.2) is 0 Å². The average molecular weight is 286 g/mol. The molecule has 2 unspecified atom stereocenters. The number of amides is 1. The van der Waals surface area contributed by atoms with E-state index >= 15 is 0 Å². The van der Waals surface area contributed by atoms with Crippen LogP contribution in [0, 0.1) is 11.8 Å². The van der Waals surface area contributed by atoms with Gasteiger partial charge in [0, 0.05) is 25.6 Å². The van der Waals surface area contributed by atoms with E-state index in [1.807, 2.05) is 6.92 Å². The normalized spacial score (nSPS) is 27.0. The lowest BCUT2D eigenvalue weighted by Crippen LogP contribution is -2.40. The van der Waals surface area contributed by atoms with Gasteiger partial charge in [-0.3, -0.25) is 4.79 Å². The molecule has 3 rings (SSSR count). The minimum atomic E-state index is 0.161. The summed E-state index contributed by atoms with van der Waals surface area (Å²) in [5, 5.41) is 6.56. The Bertz CT molecular complexity index is 467. The minimum absolute atomic E-state index is 0.161. The van der Waals surface area contributed by atoms with Crippen LogP contribution in [0.3, 0.4) is 0 Å². The molecular formula is C18H26N2O. The van der Waals surface area contributed by atoms with Gasteiger partial charge in [-0.15, -0.1) is 0 Å². The zero-order valence-corrected chi connectivity index (χ0v) is 12.9. The Kier molecular flexibility index (Phi) is 4.59. The molecule has 0 spiro atoms. The number of benzene rings is 1. The van der Waals surface area contributed by atoms with E-state index in [1.54, 1.807) is 11.1 Å². The molecule has 1 fully saturated rings. The predicted octanol–water partition coefficient (Wildman–Crippen LogP) is 2.30. The minimum Gasteiger partial charge on any atom is -0.356 e. The van der Waals surface area contributed by atoms with Crippen molar-refractivity contribution in [1.29, 1.82) is 0 Å². The Balaban J connectivity index is 1.59. The highest BCUT2D eigenvalue weighted by Gasteiger charge is 2.38. The van der Waals surface area contributed by atoms with Gasteiger partial charge in [0.25, 0.3) is 0 Å². The molecule has 0 heterocycles. The van der Waals surface area contributed by atoms with Crippen LogP contribution >= 0.6 is 0 Å². The van der Waals surface area contributed by atoms with Crippen molar-refractivity contribution in [3.63, 3.8) is 0 Å². The Morgan fingerprint density at radius 1 is 1.14 bits per heavy atom. The van der Waals surface area contributed by atoms with E-state index in [9.17, 15) is 4.79 Å². The molecule has 1 aromatic carbocycles. The second-order valence-corrected chi connectivity index (χ2v) is 6.46. The third-order valence-corrected chi connectivity index (χ3v) is 5.11. The molecular weight excluding hydrogens is 260 g/mol. The van der Waals surface area contributed by atoms with Crippen LogP contribution in [0.2, 0.25) is 0 Å². The number of rotatable bonds is 5. The van der Waals surface area contributed by atoms with Gasteiger partial charge in [-0.05, 0) is 55.6 Å². The molecule has 2 atom stereocenters. The molecule has 1 amide bonds. The number of carbonyl (C=O) groups excluding carboxylic acids is 1. The summed E-state index contributed by atoms with van der Waals surface area (Å²) in [7, 11) is 0. The molecule has 21 heavy (non-hydrogen) atoms. The van der Waals surface area contributed by atoms with Crippen molar-refractivity contribution in [2.45, 2.75) is 45.1 Å². The molecule has 2 aliphatic rings. The fourth-order valence-electron chi connectivity index (χ4n) is 4.12. The van der Waals surface area contributed by atoms with Crippen LogP contribution in [0.5, 0.6) is 0 Å². The largest absolute Gasteiger partial charge is 0.356 e. The van der Waals surface area contributed by atoms with Crippen LogP contribution in [0.1, 0.15) is 37.3 Å². The van der Waals surface area contributed by atoms with Crippen molar-refractivity contribution in [1.82, 2.24) is 10.6 Å². The van der Waals surface area contributed by atoms with Crippen molar-refractivity contribution in [3.8, 4) is 0 Å². The van der Waals surface area contributed by atoms with Crippen molar-refractivity contribution in [3.05, 3.63) is 35.4 Å². The number of carbonyl (C=O) groups is 1. The summed E-state index contributed by atoms with van der Waals surface area (Å²) in [6.45, 7) is 3.50. The predicted molar refractivity (Wildman–Crippen MR) is 85.2 cm³/mol. The molecule has 0 aliphatic heterocycles. The second kappa shape index (κ2) is 6.61. The van der Waals surface area contributed by atoms with E-state index in [4.69, 9.17) is 0 Å². The standard InChI is InChI=1S/C18H26N2O/c1-2-19-17(21)9-10-20-18-15-7-8-16(18)12-14-6-4-3-5-13(14)11-15/h3-6,15-16,18,20H,2,7-12H2,1H3,(H,19,21). The third kappa shape index (κ3) is 3.29. The molecule has 2 bridgehead atoms. The highest BCUT2D eigenvalue weighted by molar-refractivity contribution is 5.75. The first-order valence-electron chi connectivity index (χ1n) is 8.34. The van der Waals surface area contributed by atoms with Gasteiger partial charge in [0.2, 0.25) is 5.91 Å². The van der Waals surface area contributed by atoms with E-state index in [-0.39, 0.29) is 5.91 Å². The Morgan fingerprint density at radius 2 is 1.76 bits per heavy atom. The van der Waals surface area contributed by atoms with Gasteiger partial charge in [0.1, 0.15) is 0 Å². The zero-order chi connectivity index (χ0) is 14.7. The summed E-state index contributed by atoms with van der Waals surface area (Å²) in [4.78, 5) is 11.6.